The smallest absolute Gasteiger partial charge is 0.295 e. The van der Waals surface area contributed by atoms with Gasteiger partial charge in [0.05, 0.1) is 28.9 Å². The van der Waals surface area contributed by atoms with Crippen molar-refractivity contribution < 1.29 is 13.2 Å². The maximum absolute atomic E-state index is 13.0. The molecule has 1 atom stereocenters. The van der Waals surface area contributed by atoms with E-state index in [0.717, 1.165) is 11.8 Å². The molecule has 0 fully saturated rings. The number of rotatable bonds is 4. The Balaban J connectivity index is 1.49. The minimum absolute atomic E-state index is 0.0878. The van der Waals surface area contributed by atoms with Crippen LogP contribution in [-0.4, -0.2) is 55.8 Å². The Morgan fingerprint density at radius 2 is 2.00 bits per heavy atom. The monoisotopic (exact) mass is 480 g/mol. The zero-order valence-electron chi connectivity index (χ0n) is 17.0. The van der Waals surface area contributed by atoms with Gasteiger partial charge in [0.2, 0.25) is 11.1 Å². The minimum atomic E-state index is -3.46. The van der Waals surface area contributed by atoms with Crippen molar-refractivity contribution in [3.8, 4) is 5.69 Å². The molecule has 2 aromatic rings. The number of fused-ring (bicyclic) bond motifs is 1. The van der Waals surface area contributed by atoms with Crippen LogP contribution in [0.2, 0.25) is 0 Å². The van der Waals surface area contributed by atoms with E-state index in [2.05, 4.69) is 14.8 Å². The number of benzene rings is 1. The second-order valence-electron chi connectivity index (χ2n) is 6.94. The van der Waals surface area contributed by atoms with Gasteiger partial charge in [-0.3, -0.25) is 14.3 Å². The molecule has 0 saturated carbocycles. The highest BCUT2D eigenvalue weighted by molar-refractivity contribution is 8.45. The van der Waals surface area contributed by atoms with Crippen LogP contribution >= 0.6 is 23.5 Å². The summed E-state index contributed by atoms with van der Waals surface area (Å²) in [6, 6.07) is 9.17. The lowest BCUT2D eigenvalue weighted by Gasteiger charge is -2.16. The molecule has 0 saturated heterocycles. The highest BCUT2D eigenvalue weighted by Gasteiger charge is 2.33. The van der Waals surface area contributed by atoms with Crippen molar-refractivity contribution in [1.82, 2.24) is 14.4 Å². The van der Waals surface area contributed by atoms with Crippen LogP contribution in [0.3, 0.4) is 0 Å². The van der Waals surface area contributed by atoms with Crippen molar-refractivity contribution in [2.45, 2.75) is 19.1 Å². The van der Waals surface area contributed by atoms with Gasteiger partial charge >= 0.3 is 0 Å². The Morgan fingerprint density at radius 3 is 2.71 bits per heavy atom. The van der Waals surface area contributed by atoms with Gasteiger partial charge in [-0.25, -0.2) is 18.1 Å². The third-order valence-electron chi connectivity index (χ3n) is 4.83. The molecule has 4 rings (SSSR count). The number of anilines is 1. The van der Waals surface area contributed by atoms with E-state index in [4.69, 9.17) is 0 Å². The molecule has 13 heteroatoms. The zero-order chi connectivity index (χ0) is 22.3. The molecule has 1 aromatic heterocycles. The molecule has 1 amide bonds. The Hall–Kier alpha value is -2.51. The predicted molar refractivity (Wildman–Crippen MR) is 124 cm³/mol. The number of amides is 1. The fourth-order valence-electron chi connectivity index (χ4n) is 3.06. The number of carbonyl (C=O) groups excluding carboxylic acids is 1. The van der Waals surface area contributed by atoms with Crippen LogP contribution in [0.1, 0.15) is 12.6 Å². The lowest BCUT2D eigenvalue weighted by Crippen LogP contribution is -2.31. The summed E-state index contributed by atoms with van der Waals surface area (Å²) in [6.07, 6.45) is 0. The van der Waals surface area contributed by atoms with Gasteiger partial charge in [-0.05, 0) is 37.7 Å². The number of thioether (sulfide) groups is 2. The quantitative estimate of drug-likeness (QED) is 0.706. The van der Waals surface area contributed by atoms with Crippen LogP contribution in [0.4, 0.5) is 5.69 Å². The van der Waals surface area contributed by atoms with Gasteiger partial charge in [-0.2, -0.15) is 5.10 Å². The normalized spacial score (nSPS) is 18.2. The summed E-state index contributed by atoms with van der Waals surface area (Å²) in [7, 11) is -1.70. The lowest BCUT2D eigenvalue weighted by molar-refractivity contribution is -0.115. The number of aromatic nitrogens is 2. The molecule has 0 bridgehead atoms. The topological polar surface area (TPSA) is 118 Å². The van der Waals surface area contributed by atoms with Gasteiger partial charge in [0, 0.05) is 7.05 Å². The number of carbonyl (C=O) groups is 1. The Morgan fingerprint density at radius 1 is 1.29 bits per heavy atom. The highest BCUT2D eigenvalue weighted by Crippen LogP contribution is 2.32. The maximum Gasteiger partial charge on any atom is 0.295 e. The third kappa shape index (κ3) is 4.29. The van der Waals surface area contributed by atoms with E-state index < -0.39 is 15.3 Å². The molecule has 1 aromatic carbocycles. The summed E-state index contributed by atoms with van der Waals surface area (Å²) in [4.78, 5) is 25.7. The summed E-state index contributed by atoms with van der Waals surface area (Å²) in [5.74, 6) is -0.436. The first-order valence-electron chi connectivity index (χ1n) is 9.34. The van der Waals surface area contributed by atoms with Gasteiger partial charge < -0.3 is 5.32 Å². The summed E-state index contributed by atoms with van der Waals surface area (Å²) >= 11 is 2.31. The third-order valence-corrected chi connectivity index (χ3v) is 8.22. The Kier molecular flexibility index (Phi) is 5.75. The average molecular weight is 481 g/mol. The van der Waals surface area contributed by atoms with Crippen molar-refractivity contribution in [2.24, 2.45) is 16.5 Å². The number of hydrogen-bond acceptors (Lipinski definition) is 8. The van der Waals surface area contributed by atoms with E-state index in [-0.39, 0.29) is 29.5 Å². The maximum atomic E-state index is 13.0. The Labute approximate surface area is 187 Å². The molecule has 0 spiro atoms. The highest BCUT2D eigenvalue weighted by atomic mass is 32.2. The Bertz CT molecular complexity index is 1260. The lowest BCUT2D eigenvalue weighted by atomic mass is 10.3. The molecule has 10 nitrogen and oxygen atoms in total. The van der Waals surface area contributed by atoms with Crippen LogP contribution in [-0.2, 0) is 21.9 Å². The first-order valence-corrected chi connectivity index (χ1v) is 12.6. The SMILES string of the molecule is Cc1c(NC(=O)C(C)SC2=NN3CCS(=O)(=O)N=C3S2)c(=O)n(-c2ccccc2)n1C. The molecule has 2 aliphatic rings. The van der Waals surface area contributed by atoms with Crippen molar-refractivity contribution in [1.29, 1.82) is 0 Å². The largest absolute Gasteiger partial charge is 0.319 e. The van der Waals surface area contributed by atoms with Crippen LogP contribution in [0.15, 0.2) is 44.6 Å². The first-order chi connectivity index (χ1) is 14.7. The van der Waals surface area contributed by atoms with Crippen molar-refractivity contribution in [2.75, 3.05) is 17.6 Å². The summed E-state index contributed by atoms with van der Waals surface area (Å²) in [6.45, 7) is 3.70. The van der Waals surface area contributed by atoms with E-state index in [9.17, 15) is 18.0 Å². The van der Waals surface area contributed by atoms with E-state index in [1.807, 2.05) is 30.3 Å². The molecular formula is C18H20N6O4S3. The van der Waals surface area contributed by atoms with Gasteiger partial charge in [0.15, 0.2) is 4.38 Å². The number of sulfonamides is 1. The molecule has 3 heterocycles. The first kappa shape index (κ1) is 21.7. The molecule has 1 N–H and O–H groups in total. The van der Waals surface area contributed by atoms with E-state index in [0.29, 0.717) is 20.9 Å². The molecule has 31 heavy (non-hydrogen) atoms. The molecule has 1 unspecified atom stereocenters. The molecule has 164 valence electrons. The number of nitrogens with one attached hydrogen (secondary N) is 1. The molecule has 0 aliphatic carbocycles. The summed E-state index contributed by atoms with van der Waals surface area (Å²) in [5, 5.41) is 8.33. The van der Waals surface area contributed by atoms with E-state index in [1.165, 1.54) is 21.5 Å². The van der Waals surface area contributed by atoms with Crippen molar-refractivity contribution in [3.63, 3.8) is 0 Å². The van der Waals surface area contributed by atoms with Gasteiger partial charge in [0.25, 0.3) is 15.6 Å². The zero-order valence-corrected chi connectivity index (χ0v) is 19.4. The standard InChI is InChI=1S/C18H20N6O4S3/c1-11-14(16(26)24(22(11)3)13-7-5-4-6-8-13)19-15(25)12(2)29-18-20-23-9-10-31(27,28)21-17(23)30-18/h4-8,12H,9-10H2,1-3H3,(H,19,25). The van der Waals surface area contributed by atoms with Crippen molar-refractivity contribution >= 4 is 54.7 Å². The number of nitrogens with zero attached hydrogens (tertiary/aromatic N) is 5. The average Bonchev–Trinajstić information content (AvgIpc) is 3.20. The number of hydrazone groups is 1. The molecule has 0 radical (unpaired) electrons. The number of para-hydroxylation sites is 1. The van der Waals surface area contributed by atoms with Gasteiger partial charge in [-0.15, -0.1) is 4.40 Å². The number of hydrogen-bond donors (Lipinski definition) is 1. The van der Waals surface area contributed by atoms with Crippen LogP contribution in [0.25, 0.3) is 5.69 Å². The van der Waals surface area contributed by atoms with E-state index >= 15 is 0 Å². The van der Waals surface area contributed by atoms with Gasteiger partial charge in [0.1, 0.15) is 5.69 Å². The van der Waals surface area contributed by atoms with Crippen molar-refractivity contribution in [3.05, 3.63) is 46.4 Å². The van der Waals surface area contributed by atoms with Crippen LogP contribution in [0.5, 0.6) is 0 Å². The molecule has 2 aliphatic heterocycles. The van der Waals surface area contributed by atoms with Crippen LogP contribution in [0, 0.1) is 6.92 Å². The number of amidine groups is 1. The fraction of sp³-hybridized carbons (Fsp3) is 0.333. The molecular weight excluding hydrogens is 460 g/mol. The summed E-state index contributed by atoms with van der Waals surface area (Å²) in [5.41, 5.74) is 1.23. The fourth-order valence-corrected chi connectivity index (χ4v) is 6.37. The minimum Gasteiger partial charge on any atom is -0.319 e. The van der Waals surface area contributed by atoms with E-state index in [1.54, 1.807) is 25.6 Å². The second kappa shape index (κ2) is 8.20. The second-order valence-corrected chi connectivity index (χ2v) is 11.2. The predicted octanol–water partition coefficient (Wildman–Crippen LogP) is 1.56. The van der Waals surface area contributed by atoms with Crippen LogP contribution < -0.4 is 10.9 Å². The van der Waals surface area contributed by atoms with Gasteiger partial charge in [-0.1, -0.05) is 30.0 Å². The summed E-state index contributed by atoms with van der Waals surface area (Å²) < 4.78 is 30.7.